The van der Waals surface area contributed by atoms with Crippen LogP contribution in [-0.2, 0) is 0 Å². The second-order valence-electron chi connectivity index (χ2n) is 2.87. The topological polar surface area (TPSA) is 72.5 Å². The highest BCUT2D eigenvalue weighted by Gasteiger charge is 2.14. The van der Waals surface area contributed by atoms with E-state index < -0.39 is 5.97 Å². The molecule has 0 atom stereocenters. The van der Waals surface area contributed by atoms with Crippen LogP contribution in [0.5, 0.6) is 5.75 Å². The van der Waals surface area contributed by atoms with Gasteiger partial charge in [-0.15, -0.1) is 0 Å². The van der Waals surface area contributed by atoms with Crippen molar-refractivity contribution in [2.75, 3.05) is 12.3 Å². The number of anilines is 1. The Labute approximate surface area is 82.3 Å². The average molecular weight is 195 g/mol. The van der Waals surface area contributed by atoms with E-state index in [2.05, 4.69) is 0 Å². The molecule has 0 radical (unpaired) electrons. The second-order valence-corrected chi connectivity index (χ2v) is 2.87. The van der Waals surface area contributed by atoms with Gasteiger partial charge < -0.3 is 15.6 Å². The minimum atomic E-state index is -1.06. The Morgan fingerprint density at radius 3 is 2.86 bits per heavy atom. The average Bonchev–Trinajstić information content (AvgIpc) is 2.14. The number of aromatic carboxylic acids is 1. The van der Waals surface area contributed by atoms with Crippen LogP contribution in [0.25, 0.3) is 0 Å². The highest BCUT2D eigenvalue weighted by Crippen LogP contribution is 2.24. The second kappa shape index (κ2) is 4.50. The van der Waals surface area contributed by atoms with E-state index in [0.29, 0.717) is 12.4 Å². The van der Waals surface area contributed by atoms with Crippen molar-refractivity contribution in [3.63, 3.8) is 0 Å². The van der Waals surface area contributed by atoms with Crippen molar-refractivity contribution in [1.29, 1.82) is 0 Å². The summed E-state index contributed by atoms with van der Waals surface area (Å²) in [6.07, 6.45) is 0.827. The molecule has 0 spiro atoms. The van der Waals surface area contributed by atoms with Gasteiger partial charge in [-0.3, -0.25) is 0 Å². The zero-order chi connectivity index (χ0) is 10.6. The molecular formula is C10H13NO3. The van der Waals surface area contributed by atoms with E-state index in [1.165, 1.54) is 0 Å². The first-order valence-corrected chi connectivity index (χ1v) is 4.41. The van der Waals surface area contributed by atoms with Gasteiger partial charge in [0.2, 0.25) is 0 Å². The number of carboxylic acids is 1. The maximum absolute atomic E-state index is 10.8. The molecule has 0 heterocycles. The van der Waals surface area contributed by atoms with Crippen LogP contribution in [-0.4, -0.2) is 17.7 Å². The molecular weight excluding hydrogens is 182 g/mol. The molecule has 3 N–H and O–H groups in total. The Morgan fingerprint density at radius 2 is 2.29 bits per heavy atom. The Hall–Kier alpha value is -1.71. The molecule has 0 saturated carbocycles. The lowest BCUT2D eigenvalue weighted by atomic mass is 10.1. The molecule has 1 aromatic carbocycles. The normalized spacial score (nSPS) is 9.79. The largest absolute Gasteiger partial charge is 0.493 e. The van der Waals surface area contributed by atoms with E-state index in [-0.39, 0.29) is 11.3 Å². The Morgan fingerprint density at radius 1 is 1.57 bits per heavy atom. The van der Waals surface area contributed by atoms with Crippen molar-refractivity contribution < 1.29 is 14.6 Å². The molecule has 0 aromatic heterocycles. The van der Waals surface area contributed by atoms with Crippen molar-refractivity contribution in [3.05, 3.63) is 23.8 Å². The molecule has 0 amide bonds. The van der Waals surface area contributed by atoms with Crippen molar-refractivity contribution >= 4 is 11.7 Å². The lowest BCUT2D eigenvalue weighted by Gasteiger charge is -2.09. The SMILES string of the molecule is CCCOc1cccc(N)c1C(=O)O. The number of benzene rings is 1. The van der Waals surface area contributed by atoms with E-state index in [9.17, 15) is 4.79 Å². The highest BCUT2D eigenvalue weighted by molar-refractivity contribution is 5.96. The number of carbonyl (C=O) groups is 1. The Kier molecular flexibility index (Phi) is 3.34. The van der Waals surface area contributed by atoms with Crippen LogP contribution in [0.15, 0.2) is 18.2 Å². The number of hydrogen-bond acceptors (Lipinski definition) is 3. The van der Waals surface area contributed by atoms with E-state index >= 15 is 0 Å². The fourth-order valence-electron chi connectivity index (χ4n) is 1.11. The molecule has 14 heavy (non-hydrogen) atoms. The molecule has 0 saturated heterocycles. The van der Waals surface area contributed by atoms with Crippen LogP contribution in [0.1, 0.15) is 23.7 Å². The van der Waals surface area contributed by atoms with E-state index in [1.807, 2.05) is 6.92 Å². The van der Waals surface area contributed by atoms with Crippen molar-refractivity contribution in [3.8, 4) is 5.75 Å². The van der Waals surface area contributed by atoms with Gasteiger partial charge in [0, 0.05) is 5.69 Å². The van der Waals surface area contributed by atoms with Crippen LogP contribution >= 0.6 is 0 Å². The number of carboxylic acid groups (broad SMARTS) is 1. The van der Waals surface area contributed by atoms with Gasteiger partial charge in [0.05, 0.1) is 6.61 Å². The van der Waals surface area contributed by atoms with Crippen LogP contribution in [0, 0.1) is 0 Å². The molecule has 1 aromatic rings. The van der Waals surface area contributed by atoms with Gasteiger partial charge in [-0.1, -0.05) is 13.0 Å². The molecule has 4 heteroatoms. The molecule has 0 unspecified atom stereocenters. The van der Waals surface area contributed by atoms with Crippen molar-refractivity contribution in [2.45, 2.75) is 13.3 Å². The summed E-state index contributed by atoms with van der Waals surface area (Å²) in [6, 6.07) is 4.82. The maximum Gasteiger partial charge on any atom is 0.341 e. The van der Waals surface area contributed by atoms with Crippen LogP contribution in [0.3, 0.4) is 0 Å². The summed E-state index contributed by atoms with van der Waals surface area (Å²) < 4.78 is 5.27. The summed E-state index contributed by atoms with van der Waals surface area (Å²) >= 11 is 0. The summed E-state index contributed by atoms with van der Waals surface area (Å²) in [5, 5.41) is 8.89. The fraction of sp³-hybridized carbons (Fsp3) is 0.300. The fourth-order valence-corrected chi connectivity index (χ4v) is 1.11. The Bertz CT molecular complexity index is 336. The summed E-state index contributed by atoms with van der Waals surface area (Å²) in [5.74, 6) is -0.728. The minimum Gasteiger partial charge on any atom is -0.493 e. The highest BCUT2D eigenvalue weighted by atomic mass is 16.5. The van der Waals surface area contributed by atoms with Crippen LogP contribution in [0.2, 0.25) is 0 Å². The lowest BCUT2D eigenvalue weighted by molar-refractivity contribution is 0.0693. The monoisotopic (exact) mass is 195 g/mol. The molecule has 0 aliphatic heterocycles. The summed E-state index contributed by atoms with van der Waals surface area (Å²) in [6.45, 7) is 2.44. The summed E-state index contributed by atoms with van der Waals surface area (Å²) in [5.41, 5.74) is 5.80. The van der Waals surface area contributed by atoms with Gasteiger partial charge in [0.1, 0.15) is 11.3 Å². The van der Waals surface area contributed by atoms with E-state index in [0.717, 1.165) is 6.42 Å². The molecule has 1 rings (SSSR count). The predicted molar refractivity (Wildman–Crippen MR) is 53.6 cm³/mol. The van der Waals surface area contributed by atoms with E-state index in [4.69, 9.17) is 15.6 Å². The van der Waals surface area contributed by atoms with E-state index in [1.54, 1.807) is 18.2 Å². The van der Waals surface area contributed by atoms with Gasteiger partial charge in [0.25, 0.3) is 0 Å². The molecule has 0 fully saturated rings. The first-order chi connectivity index (χ1) is 6.66. The zero-order valence-electron chi connectivity index (χ0n) is 7.99. The number of hydrogen-bond donors (Lipinski definition) is 2. The molecule has 76 valence electrons. The standard InChI is InChI=1S/C10H13NO3/c1-2-6-14-8-5-3-4-7(11)9(8)10(12)13/h3-5H,2,6,11H2,1H3,(H,12,13). The van der Waals surface area contributed by atoms with Gasteiger partial charge in [-0.2, -0.15) is 0 Å². The van der Waals surface area contributed by atoms with Crippen LogP contribution in [0.4, 0.5) is 5.69 Å². The first kappa shape index (κ1) is 10.4. The Balaban J connectivity index is 3.02. The third-order valence-electron chi connectivity index (χ3n) is 1.73. The summed E-state index contributed by atoms with van der Waals surface area (Å²) in [4.78, 5) is 10.8. The number of rotatable bonds is 4. The third-order valence-corrected chi connectivity index (χ3v) is 1.73. The maximum atomic E-state index is 10.8. The molecule has 0 aliphatic carbocycles. The molecule has 0 aliphatic rings. The predicted octanol–water partition coefficient (Wildman–Crippen LogP) is 1.76. The summed E-state index contributed by atoms with van der Waals surface area (Å²) in [7, 11) is 0. The van der Waals surface area contributed by atoms with Gasteiger partial charge in [-0.25, -0.2) is 4.79 Å². The quantitative estimate of drug-likeness (QED) is 0.718. The smallest absolute Gasteiger partial charge is 0.341 e. The molecule has 4 nitrogen and oxygen atoms in total. The number of nitrogens with two attached hydrogens (primary N) is 1. The van der Waals surface area contributed by atoms with Crippen molar-refractivity contribution in [1.82, 2.24) is 0 Å². The number of ether oxygens (including phenoxy) is 1. The minimum absolute atomic E-state index is 0.0425. The zero-order valence-corrected chi connectivity index (χ0v) is 7.99. The van der Waals surface area contributed by atoms with Crippen LogP contribution < -0.4 is 10.5 Å². The lowest BCUT2D eigenvalue weighted by Crippen LogP contribution is -2.07. The van der Waals surface area contributed by atoms with Crippen molar-refractivity contribution in [2.24, 2.45) is 0 Å². The molecule has 0 bridgehead atoms. The third kappa shape index (κ3) is 2.16. The van der Waals surface area contributed by atoms with Gasteiger partial charge in [-0.05, 0) is 18.6 Å². The number of nitrogen functional groups attached to an aromatic ring is 1. The first-order valence-electron chi connectivity index (χ1n) is 4.41. The van der Waals surface area contributed by atoms with Gasteiger partial charge in [0.15, 0.2) is 0 Å². The van der Waals surface area contributed by atoms with Gasteiger partial charge >= 0.3 is 5.97 Å².